The van der Waals surface area contributed by atoms with Crippen LogP contribution in [0.2, 0.25) is 0 Å². The molecule has 2 amide bonds. The van der Waals surface area contributed by atoms with Gasteiger partial charge >= 0.3 is 0 Å². The van der Waals surface area contributed by atoms with Crippen LogP contribution in [0.15, 0.2) is 30.3 Å². The minimum atomic E-state index is -0.540. The Morgan fingerprint density at radius 2 is 1.81 bits per heavy atom. The second kappa shape index (κ2) is 11.0. The Labute approximate surface area is 156 Å². The van der Waals surface area contributed by atoms with Crippen LogP contribution in [0.25, 0.3) is 0 Å². The summed E-state index contributed by atoms with van der Waals surface area (Å²) in [5, 5.41) is 5.77. The lowest BCUT2D eigenvalue weighted by atomic mass is 9.98. The third kappa shape index (κ3) is 6.79. The monoisotopic (exact) mass is 360 g/mol. The maximum Gasteiger partial charge on any atom is 0.251 e. The molecule has 1 aromatic carbocycles. The van der Waals surface area contributed by atoms with Gasteiger partial charge in [0.2, 0.25) is 5.91 Å². The molecule has 0 spiro atoms. The summed E-state index contributed by atoms with van der Waals surface area (Å²) in [6, 6.07) is 8.43. The predicted molar refractivity (Wildman–Crippen MR) is 103 cm³/mol. The first-order chi connectivity index (χ1) is 12.6. The summed E-state index contributed by atoms with van der Waals surface area (Å²) in [5.41, 5.74) is 0.562. The molecule has 5 nitrogen and oxygen atoms in total. The molecule has 0 unspecified atom stereocenters. The Balaban J connectivity index is 1.71. The molecule has 1 aliphatic rings. The van der Waals surface area contributed by atoms with Gasteiger partial charge in [0.1, 0.15) is 6.04 Å². The van der Waals surface area contributed by atoms with Crippen LogP contribution in [0, 0.1) is 5.92 Å². The molecule has 0 radical (unpaired) electrons. The summed E-state index contributed by atoms with van der Waals surface area (Å²) in [5.74, 6) is -0.344. The lowest BCUT2D eigenvalue weighted by Gasteiger charge is -2.23. The van der Waals surface area contributed by atoms with Crippen molar-refractivity contribution in [3.05, 3.63) is 35.9 Å². The molecule has 2 N–H and O–H groups in total. The van der Waals surface area contributed by atoms with Crippen LogP contribution < -0.4 is 10.6 Å². The molecule has 5 heteroatoms. The van der Waals surface area contributed by atoms with Gasteiger partial charge in [-0.2, -0.15) is 0 Å². The normalized spacial score (nSPS) is 16.3. The molecule has 0 heterocycles. The van der Waals surface area contributed by atoms with Gasteiger partial charge in [0.25, 0.3) is 5.91 Å². The van der Waals surface area contributed by atoms with Crippen molar-refractivity contribution in [2.75, 3.05) is 13.2 Å². The molecule has 2 rings (SSSR count). The first-order valence-electron chi connectivity index (χ1n) is 9.83. The van der Waals surface area contributed by atoms with E-state index in [0.29, 0.717) is 24.8 Å². The van der Waals surface area contributed by atoms with E-state index in [2.05, 4.69) is 10.6 Å². The number of carbonyl (C=O) groups excluding carboxylic acids is 2. The van der Waals surface area contributed by atoms with Crippen molar-refractivity contribution in [1.82, 2.24) is 10.6 Å². The molecule has 1 atom stereocenters. The van der Waals surface area contributed by atoms with E-state index in [-0.39, 0.29) is 17.7 Å². The van der Waals surface area contributed by atoms with Gasteiger partial charge in [-0.3, -0.25) is 9.59 Å². The van der Waals surface area contributed by atoms with Crippen molar-refractivity contribution in [2.45, 2.75) is 64.5 Å². The summed E-state index contributed by atoms with van der Waals surface area (Å²) < 4.78 is 5.87. The number of amides is 2. The fourth-order valence-electron chi connectivity index (χ4n) is 3.22. The highest BCUT2D eigenvalue weighted by atomic mass is 16.5. The van der Waals surface area contributed by atoms with Gasteiger partial charge in [-0.15, -0.1) is 0 Å². The van der Waals surface area contributed by atoms with Gasteiger partial charge in [0.05, 0.1) is 6.10 Å². The minimum Gasteiger partial charge on any atom is -0.378 e. The lowest BCUT2D eigenvalue weighted by Crippen LogP contribution is -2.50. The van der Waals surface area contributed by atoms with Gasteiger partial charge < -0.3 is 15.4 Å². The molecule has 1 saturated carbocycles. The number of hydrogen-bond donors (Lipinski definition) is 2. The van der Waals surface area contributed by atoms with E-state index < -0.39 is 6.04 Å². The van der Waals surface area contributed by atoms with E-state index in [1.54, 1.807) is 12.1 Å². The van der Waals surface area contributed by atoms with Crippen molar-refractivity contribution >= 4 is 11.8 Å². The molecule has 1 fully saturated rings. The van der Waals surface area contributed by atoms with Crippen LogP contribution in [0.4, 0.5) is 0 Å². The van der Waals surface area contributed by atoms with E-state index in [1.165, 1.54) is 19.3 Å². The third-order valence-electron chi connectivity index (χ3n) is 4.80. The van der Waals surface area contributed by atoms with E-state index in [0.717, 1.165) is 19.3 Å². The number of rotatable bonds is 9. The highest BCUT2D eigenvalue weighted by Crippen LogP contribution is 2.20. The summed E-state index contributed by atoms with van der Waals surface area (Å²) in [7, 11) is 0. The average Bonchev–Trinajstić information content (AvgIpc) is 2.66. The molecule has 144 valence electrons. The topological polar surface area (TPSA) is 67.4 Å². The van der Waals surface area contributed by atoms with Crippen molar-refractivity contribution < 1.29 is 14.3 Å². The number of nitrogens with one attached hydrogen (secondary N) is 2. The highest BCUT2D eigenvalue weighted by molar-refractivity contribution is 5.97. The van der Waals surface area contributed by atoms with Gasteiger partial charge in [-0.25, -0.2) is 0 Å². The largest absolute Gasteiger partial charge is 0.378 e. The van der Waals surface area contributed by atoms with Crippen LogP contribution in [0.5, 0.6) is 0 Å². The number of hydrogen-bond acceptors (Lipinski definition) is 3. The zero-order valence-electron chi connectivity index (χ0n) is 16.0. The first kappa shape index (κ1) is 20.4. The molecular weight excluding hydrogens is 328 g/mol. The molecule has 0 aliphatic heterocycles. The Morgan fingerprint density at radius 3 is 2.46 bits per heavy atom. The fraction of sp³-hybridized carbons (Fsp3) is 0.619. The maximum absolute atomic E-state index is 12.4. The Morgan fingerprint density at radius 1 is 1.12 bits per heavy atom. The van der Waals surface area contributed by atoms with E-state index in [9.17, 15) is 9.59 Å². The quantitative estimate of drug-likeness (QED) is 0.664. The van der Waals surface area contributed by atoms with Gasteiger partial charge in [-0.1, -0.05) is 51.3 Å². The van der Waals surface area contributed by atoms with Crippen molar-refractivity contribution in [1.29, 1.82) is 0 Å². The van der Waals surface area contributed by atoms with Crippen LogP contribution in [0.1, 0.15) is 62.7 Å². The fourth-order valence-corrected chi connectivity index (χ4v) is 3.22. The summed E-state index contributed by atoms with van der Waals surface area (Å²) >= 11 is 0. The second-order valence-electron chi connectivity index (χ2n) is 7.34. The van der Waals surface area contributed by atoms with Crippen molar-refractivity contribution in [2.24, 2.45) is 5.92 Å². The molecule has 26 heavy (non-hydrogen) atoms. The van der Waals surface area contributed by atoms with E-state index in [1.807, 2.05) is 32.0 Å². The van der Waals surface area contributed by atoms with E-state index in [4.69, 9.17) is 4.74 Å². The maximum atomic E-state index is 12.4. The molecule has 0 saturated heterocycles. The second-order valence-corrected chi connectivity index (χ2v) is 7.34. The summed E-state index contributed by atoms with van der Waals surface area (Å²) in [6.45, 7) is 5.10. The molecule has 0 bridgehead atoms. The smallest absolute Gasteiger partial charge is 0.251 e. The van der Waals surface area contributed by atoms with Crippen LogP contribution in [-0.2, 0) is 9.53 Å². The molecule has 0 aromatic heterocycles. The average molecular weight is 360 g/mol. The van der Waals surface area contributed by atoms with Crippen molar-refractivity contribution in [3.63, 3.8) is 0 Å². The number of ether oxygens (including phenoxy) is 1. The molecule has 1 aromatic rings. The zero-order chi connectivity index (χ0) is 18.8. The van der Waals surface area contributed by atoms with Crippen LogP contribution >= 0.6 is 0 Å². The Hall–Kier alpha value is -1.88. The van der Waals surface area contributed by atoms with Gasteiger partial charge in [-0.05, 0) is 37.3 Å². The third-order valence-corrected chi connectivity index (χ3v) is 4.80. The summed E-state index contributed by atoms with van der Waals surface area (Å²) in [6.07, 6.45) is 7.35. The van der Waals surface area contributed by atoms with Gasteiger partial charge in [0.15, 0.2) is 0 Å². The molecule has 1 aliphatic carbocycles. The standard InChI is InChI=1S/C21H32N2O3/c1-16(2)19(23-20(24)17-10-5-3-6-11-17)21(25)22-14-9-15-26-18-12-7-4-8-13-18/h3,5-6,10-11,16,18-19H,4,7-9,12-15H2,1-2H3,(H,22,25)(H,23,24)/t19-/m0/s1. The van der Waals surface area contributed by atoms with Crippen molar-refractivity contribution in [3.8, 4) is 0 Å². The highest BCUT2D eigenvalue weighted by Gasteiger charge is 2.24. The number of benzene rings is 1. The first-order valence-corrected chi connectivity index (χ1v) is 9.83. The predicted octanol–water partition coefficient (Wildman–Crippen LogP) is 3.30. The SMILES string of the molecule is CC(C)[C@H](NC(=O)c1ccccc1)C(=O)NCCCOC1CCCCC1. The Kier molecular flexibility index (Phi) is 8.62. The lowest BCUT2D eigenvalue weighted by molar-refractivity contribution is -0.124. The van der Waals surface area contributed by atoms with Crippen LogP contribution in [-0.4, -0.2) is 37.1 Å². The zero-order valence-corrected chi connectivity index (χ0v) is 16.0. The Bertz CT molecular complexity index is 554. The van der Waals surface area contributed by atoms with Gasteiger partial charge in [0, 0.05) is 18.7 Å². The molecular formula is C21H32N2O3. The van der Waals surface area contributed by atoms with E-state index >= 15 is 0 Å². The van der Waals surface area contributed by atoms with Crippen LogP contribution in [0.3, 0.4) is 0 Å². The summed E-state index contributed by atoms with van der Waals surface area (Å²) in [4.78, 5) is 24.8. The minimum absolute atomic E-state index is 0.0150. The number of carbonyl (C=O) groups is 2.